The highest BCUT2D eigenvalue weighted by molar-refractivity contribution is 5.99. The summed E-state index contributed by atoms with van der Waals surface area (Å²) in [6.45, 7) is 4.56. The lowest BCUT2D eigenvalue weighted by Crippen LogP contribution is -2.60. The molecule has 0 aromatic heterocycles. The van der Waals surface area contributed by atoms with Crippen molar-refractivity contribution in [2.75, 3.05) is 39.3 Å². The van der Waals surface area contributed by atoms with Crippen molar-refractivity contribution >= 4 is 77.0 Å². The number of unbranched alkanes of at least 4 members (excludes halogenated alkanes) is 2. The molecular weight excluding hydrogens is 1130 g/mol. The molecule has 0 aliphatic carbocycles. The number of nitrogens with one attached hydrogen (secondary N) is 8. The van der Waals surface area contributed by atoms with Gasteiger partial charge in [0, 0.05) is 26.1 Å². The van der Waals surface area contributed by atoms with Crippen LogP contribution >= 0.6 is 0 Å². The zero-order valence-electron chi connectivity index (χ0n) is 50.0. The number of nitrogens with two attached hydrogens (primary N) is 5. The topological polar surface area (TPSA) is 486 Å². The molecule has 0 saturated carbocycles. The summed E-state index contributed by atoms with van der Waals surface area (Å²) < 4.78 is 0. The van der Waals surface area contributed by atoms with E-state index < -0.39 is 145 Å². The zero-order chi connectivity index (χ0) is 64.2. The van der Waals surface area contributed by atoms with Crippen molar-refractivity contribution in [2.24, 2.45) is 44.6 Å². The summed E-state index contributed by atoms with van der Waals surface area (Å²) in [4.78, 5) is 163. The van der Waals surface area contributed by atoms with Crippen molar-refractivity contribution in [1.29, 1.82) is 0 Å². The number of likely N-dealkylation sites (tertiary alicyclic amines) is 2. The lowest BCUT2D eigenvalue weighted by molar-refractivity contribution is -0.145. The first-order chi connectivity index (χ1) is 41.5. The minimum absolute atomic E-state index is 0.000339. The molecular formula is C57H91N17O13. The van der Waals surface area contributed by atoms with Crippen LogP contribution in [0.25, 0.3) is 0 Å². The molecule has 20 N–H and O–H groups in total. The van der Waals surface area contributed by atoms with Crippen LogP contribution < -0.4 is 71.2 Å². The van der Waals surface area contributed by atoms with Crippen LogP contribution in [0, 0.1) is 5.92 Å². The number of aliphatic hydroxyl groups is 1. The second-order valence-electron chi connectivity index (χ2n) is 22.3. The molecule has 0 spiro atoms. The van der Waals surface area contributed by atoms with Gasteiger partial charge in [-0.1, -0.05) is 76.1 Å². The number of carbonyl (C=O) groups excluding carboxylic acids is 10. The second-order valence-corrected chi connectivity index (χ2v) is 22.3. The molecule has 2 saturated heterocycles. The molecule has 0 bridgehead atoms. The number of guanidine groups is 2. The number of carbonyl (C=O) groups is 11. The number of benzene rings is 1. The van der Waals surface area contributed by atoms with Gasteiger partial charge < -0.3 is 91.2 Å². The van der Waals surface area contributed by atoms with Gasteiger partial charge in [0.05, 0.1) is 13.2 Å². The van der Waals surface area contributed by atoms with Crippen LogP contribution in [0.15, 0.2) is 52.5 Å². The molecule has 1 aromatic rings. The summed E-state index contributed by atoms with van der Waals surface area (Å²) in [6.07, 6.45) is 6.24. The summed E-state index contributed by atoms with van der Waals surface area (Å²) >= 11 is 0. The van der Waals surface area contributed by atoms with E-state index in [0.717, 1.165) is 0 Å². The number of hydrogen-bond donors (Lipinski definition) is 15. The van der Waals surface area contributed by atoms with Gasteiger partial charge in [-0.05, 0) is 101 Å². The van der Waals surface area contributed by atoms with Crippen molar-refractivity contribution in [1.82, 2.24) is 52.3 Å². The molecule has 10 atom stereocenters. The molecule has 3 heterocycles. The predicted octanol–water partition coefficient (Wildman–Crippen LogP) is -3.79. The summed E-state index contributed by atoms with van der Waals surface area (Å²) in [5.41, 5.74) is 28.8. The first-order valence-corrected chi connectivity index (χ1v) is 29.8. The van der Waals surface area contributed by atoms with Gasteiger partial charge in [0.25, 0.3) is 0 Å². The van der Waals surface area contributed by atoms with Crippen LogP contribution in [0.2, 0.25) is 0 Å². The number of aliphatic imine (C=N–C) groups is 2. The zero-order valence-corrected chi connectivity index (χ0v) is 50.0. The van der Waals surface area contributed by atoms with Crippen LogP contribution in [-0.4, -0.2) is 197 Å². The second kappa shape index (κ2) is 36.6. The third-order valence-corrected chi connectivity index (χ3v) is 14.9. The molecule has 0 radical (unpaired) electrons. The molecule has 0 unspecified atom stereocenters. The van der Waals surface area contributed by atoms with Gasteiger partial charge in [-0.15, -0.1) is 0 Å². The quantitative estimate of drug-likeness (QED) is 0.0166. The SMILES string of the molecule is CCCC[C@H](NC(=O)[C@@H]1CCCN1C(=O)CNC(=O)[C@H](CCCCN)NC(=O)[C@@H]1C/C=C\C[C@H](N=C(N)N)C(=O)N[C@@H](CCCN=C(N)N)C(=O)N[C@@H](CC(C)C)C(=O)N[C@@H](CO)C(=O)N1)C(=O)N1CCC[C@H]1C(=O)N[C@@H](Cc1ccccc1)C(=O)O. The molecule has 1 aromatic carbocycles. The van der Waals surface area contributed by atoms with Gasteiger partial charge in [-0.25, -0.2) is 9.79 Å². The molecule has 30 heteroatoms. The lowest BCUT2D eigenvalue weighted by atomic mass is 10.0. The van der Waals surface area contributed by atoms with E-state index in [2.05, 4.69) is 52.5 Å². The van der Waals surface area contributed by atoms with E-state index in [9.17, 15) is 63.0 Å². The number of amides is 10. The van der Waals surface area contributed by atoms with Gasteiger partial charge in [0.2, 0.25) is 59.1 Å². The highest BCUT2D eigenvalue weighted by atomic mass is 16.4. The molecule has 4 rings (SSSR count). The Labute approximate surface area is 506 Å². The standard InChI is InChI=1S/C57H91N17O13/c1-4-5-18-39(54(85)74-28-15-24-44(74)53(84)70-41(55(86)87)30-34-16-7-6-8-17-34)68-52(83)43-23-14-27-73(43)45(76)31-64-46(77)35(21-11-12-25-58)65-47(78)36-19-9-10-20-38(72-57(61)62)49(80)66-37(22-13-26-63-56(59)60)48(79)69-40(29-33(2)3)50(81)71-42(32-75)51(82)67-36/h6-10,16-17,33,35-44,75H,4-5,11-15,18-32,58H2,1-3H3,(H,64,77)(H,65,78)(H,66,80)(H,67,82)(H,68,83)(H,69,79)(H,70,84)(H,71,81)(H,86,87)(H4,59,60,63)(H4,61,62,72)/b10-9-/t35-,36-,37-,38-,39-,40-,41-,42-,43-,44-/m0/s1. The summed E-state index contributed by atoms with van der Waals surface area (Å²) in [7, 11) is 0. The van der Waals surface area contributed by atoms with Gasteiger partial charge in [-0.3, -0.25) is 52.9 Å². The average Bonchev–Trinajstić information content (AvgIpc) is 4.38. The fraction of sp³-hybridized carbons (Fsp3) is 0.632. The minimum Gasteiger partial charge on any atom is -0.480 e. The minimum atomic E-state index is -1.66. The van der Waals surface area contributed by atoms with Crippen LogP contribution in [0.3, 0.4) is 0 Å². The summed E-state index contributed by atoms with van der Waals surface area (Å²) in [5.74, 6) is -9.66. The lowest BCUT2D eigenvalue weighted by Gasteiger charge is -2.31. The molecule has 10 amide bonds. The molecule has 3 aliphatic rings. The maximum absolute atomic E-state index is 14.3. The van der Waals surface area contributed by atoms with Crippen molar-refractivity contribution in [3.8, 4) is 0 Å². The van der Waals surface area contributed by atoms with E-state index in [1.807, 2.05) is 6.92 Å². The number of nitrogens with zero attached hydrogens (tertiary/aromatic N) is 4. The maximum Gasteiger partial charge on any atom is 0.326 e. The Morgan fingerprint density at radius 3 is 1.90 bits per heavy atom. The van der Waals surface area contributed by atoms with Crippen LogP contribution in [0.5, 0.6) is 0 Å². The van der Waals surface area contributed by atoms with E-state index in [1.165, 1.54) is 22.0 Å². The first-order valence-electron chi connectivity index (χ1n) is 29.8. The van der Waals surface area contributed by atoms with Crippen LogP contribution in [0.1, 0.15) is 123 Å². The Bertz CT molecular complexity index is 2620. The third-order valence-electron chi connectivity index (χ3n) is 14.9. The van der Waals surface area contributed by atoms with Gasteiger partial charge in [0.1, 0.15) is 60.4 Å². The molecule has 30 nitrogen and oxygen atoms in total. The monoisotopic (exact) mass is 1220 g/mol. The fourth-order valence-electron chi connectivity index (χ4n) is 10.4. The number of aliphatic carboxylic acids is 1. The van der Waals surface area contributed by atoms with E-state index in [4.69, 9.17) is 28.7 Å². The van der Waals surface area contributed by atoms with Crippen molar-refractivity contribution < 1.29 is 63.0 Å². The Hall–Kier alpha value is -8.41. The van der Waals surface area contributed by atoms with E-state index in [0.29, 0.717) is 44.1 Å². The Balaban J connectivity index is 1.51. The van der Waals surface area contributed by atoms with E-state index in [1.54, 1.807) is 44.2 Å². The Morgan fingerprint density at radius 1 is 0.690 bits per heavy atom. The highest BCUT2D eigenvalue weighted by Gasteiger charge is 2.42. The van der Waals surface area contributed by atoms with Gasteiger partial charge in [-0.2, -0.15) is 0 Å². The van der Waals surface area contributed by atoms with Crippen molar-refractivity contribution in [3.05, 3.63) is 48.0 Å². The molecule has 3 aliphatic heterocycles. The number of aliphatic hydroxyl groups excluding tert-OH is 1. The van der Waals surface area contributed by atoms with Crippen molar-refractivity contribution in [3.63, 3.8) is 0 Å². The van der Waals surface area contributed by atoms with Crippen LogP contribution in [-0.2, 0) is 59.2 Å². The fourth-order valence-corrected chi connectivity index (χ4v) is 10.4. The molecule has 482 valence electrons. The first kappa shape index (κ1) is 71.1. The summed E-state index contributed by atoms with van der Waals surface area (Å²) in [5, 5.41) is 41.3. The average molecular weight is 1220 g/mol. The largest absolute Gasteiger partial charge is 0.480 e. The van der Waals surface area contributed by atoms with Crippen molar-refractivity contribution in [2.45, 2.75) is 184 Å². The Kier molecular flexibility index (Phi) is 29.9. The highest BCUT2D eigenvalue weighted by Crippen LogP contribution is 2.23. The van der Waals surface area contributed by atoms with E-state index in [-0.39, 0.29) is 102 Å². The maximum atomic E-state index is 14.3. The number of rotatable bonds is 28. The normalized spacial score (nSPS) is 22.6. The predicted molar refractivity (Wildman–Crippen MR) is 321 cm³/mol. The van der Waals surface area contributed by atoms with Gasteiger partial charge in [0.15, 0.2) is 11.9 Å². The number of carboxylic acids is 1. The Morgan fingerprint density at radius 2 is 1.28 bits per heavy atom. The van der Waals surface area contributed by atoms with Gasteiger partial charge >= 0.3 is 5.97 Å². The molecule has 2 fully saturated rings. The molecule has 87 heavy (non-hydrogen) atoms. The summed E-state index contributed by atoms with van der Waals surface area (Å²) in [6, 6.07) is -3.91. The number of carboxylic acid groups (broad SMARTS) is 1. The third kappa shape index (κ3) is 23.4. The van der Waals surface area contributed by atoms with E-state index >= 15 is 0 Å². The number of hydrogen-bond acceptors (Lipinski definition) is 15. The van der Waals surface area contributed by atoms with Crippen LogP contribution in [0.4, 0.5) is 0 Å². The smallest absolute Gasteiger partial charge is 0.326 e.